The van der Waals surface area contributed by atoms with E-state index in [-0.39, 0.29) is 6.42 Å². The lowest BCUT2D eigenvalue weighted by Crippen LogP contribution is -1.95. The predicted octanol–water partition coefficient (Wildman–Crippen LogP) is 2.89. The topological polar surface area (TPSA) is 55.8 Å². The second-order valence-corrected chi connectivity index (χ2v) is 4.14. The van der Waals surface area contributed by atoms with Crippen LogP contribution in [0.3, 0.4) is 0 Å². The van der Waals surface area contributed by atoms with Gasteiger partial charge in [0, 0.05) is 6.42 Å². The van der Waals surface area contributed by atoms with Crippen molar-refractivity contribution in [2.24, 2.45) is 0 Å². The third-order valence-electron chi connectivity index (χ3n) is 2.80. The van der Waals surface area contributed by atoms with Crippen LogP contribution in [-0.4, -0.2) is 25.3 Å². The number of aliphatic carboxylic acids is 1. The number of rotatable bonds is 8. The van der Waals surface area contributed by atoms with Gasteiger partial charge in [0.1, 0.15) is 0 Å². The molecular formula is C14H20O4. The first kappa shape index (κ1) is 14.4. The molecule has 0 aliphatic rings. The normalized spacial score (nSPS) is 10.1. The fourth-order valence-corrected chi connectivity index (χ4v) is 1.82. The molecule has 1 aromatic carbocycles. The number of benzene rings is 1. The first-order valence-corrected chi connectivity index (χ1v) is 6.10. The zero-order valence-corrected chi connectivity index (χ0v) is 10.9. The smallest absolute Gasteiger partial charge is 0.303 e. The molecule has 4 nitrogen and oxygen atoms in total. The summed E-state index contributed by atoms with van der Waals surface area (Å²) in [7, 11) is 3.23. The van der Waals surface area contributed by atoms with Crippen LogP contribution in [0.4, 0.5) is 0 Å². The van der Waals surface area contributed by atoms with Crippen molar-refractivity contribution in [2.75, 3.05) is 14.2 Å². The van der Waals surface area contributed by atoms with Crippen LogP contribution in [0.15, 0.2) is 18.2 Å². The monoisotopic (exact) mass is 252 g/mol. The summed E-state index contributed by atoms with van der Waals surface area (Å²) in [5.74, 6) is 0.744. The highest BCUT2D eigenvalue weighted by atomic mass is 16.5. The molecule has 100 valence electrons. The molecule has 1 N–H and O–H groups in total. The maximum absolute atomic E-state index is 10.4. The van der Waals surface area contributed by atoms with Gasteiger partial charge in [-0.2, -0.15) is 0 Å². The SMILES string of the molecule is COc1ccc(CCCCCC(=O)O)cc1OC. The number of unbranched alkanes of at least 4 members (excludes halogenated alkanes) is 2. The summed E-state index contributed by atoms with van der Waals surface area (Å²) in [6.45, 7) is 0. The van der Waals surface area contributed by atoms with E-state index in [1.165, 1.54) is 5.56 Å². The fourth-order valence-electron chi connectivity index (χ4n) is 1.82. The van der Waals surface area contributed by atoms with Gasteiger partial charge < -0.3 is 14.6 Å². The summed E-state index contributed by atoms with van der Waals surface area (Å²) < 4.78 is 10.4. The van der Waals surface area contributed by atoms with Gasteiger partial charge >= 0.3 is 5.97 Å². The molecule has 0 saturated carbocycles. The van der Waals surface area contributed by atoms with Crippen molar-refractivity contribution in [1.82, 2.24) is 0 Å². The van der Waals surface area contributed by atoms with Crippen molar-refractivity contribution in [3.05, 3.63) is 23.8 Å². The molecule has 0 aromatic heterocycles. The zero-order chi connectivity index (χ0) is 13.4. The summed E-state index contributed by atoms with van der Waals surface area (Å²) in [6.07, 6.45) is 3.85. The second-order valence-electron chi connectivity index (χ2n) is 4.14. The Kier molecular flexibility index (Phi) is 6.05. The van der Waals surface area contributed by atoms with Crippen LogP contribution in [0.2, 0.25) is 0 Å². The highest BCUT2D eigenvalue weighted by molar-refractivity contribution is 5.66. The third kappa shape index (κ3) is 4.65. The largest absolute Gasteiger partial charge is 0.493 e. The molecule has 0 aliphatic heterocycles. The van der Waals surface area contributed by atoms with Crippen molar-refractivity contribution in [3.8, 4) is 11.5 Å². The number of hydrogen-bond acceptors (Lipinski definition) is 3. The summed E-state index contributed by atoms with van der Waals surface area (Å²) in [6, 6.07) is 5.87. The lowest BCUT2D eigenvalue weighted by Gasteiger charge is -2.09. The van der Waals surface area contributed by atoms with Crippen LogP contribution >= 0.6 is 0 Å². The van der Waals surface area contributed by atoms with Crippen molar-refractivity contribution in [3.63, 3.8) is 0 Å². The summed E-state index contributed by atoms with van der Waals surface area (Å²) in [5.41, 5.74) is 1.18. The molecule has 0 heterocycles. The van der Waals surface area contributed by atoms with Gasteiger partial charge in [0.15, 0.2) is 11.5 Å². The van der Waals surface area contributed by atoms with E-state index >= 15 is 0 Å². The predicted molar refractivity (Wildman–Crippen MR) is 69.4 cm³/mol. The summed E-state index contributed by atoms with van der Waals surface area (Å²) in [5, 5.41) is 8.53. The van der Waals surface area contributed by atoms with Crippen molar-refractivity contribution < 1.29 is 19.4 Å². The number of carboxylic acids is 1. The summed E-state index contributed by atoms with van der Waals surface area (Å²) >= 11 is 0. The van der Waals surface area contributed by atoms with Gasteiger partial charge in [0.2, 0.25) is 0 Å². The standard InChI is InChI=1S/C14H20O4/c1-17-12-9-8-11(10-13(12)18-2)6-4-3-5-7-14(15)16/h8-10H,3-7H2,1-2H3,(H,15,16). The van der Waals surface area contributed by atoms with E-state index in [0.29, 0.717) is 0 Å². The Morgan fingerprint density at radius 3 is 2.44 bits per heavy atom. The van der Waals surface area contributed by atoms with E-state index < -0.39 is 5.97 Å². The molecular weight excluding hydrogens is 232 g/mol. The molecule has 1 aromatic rings. The maximum atomic E-state index is 10.4. The van der Waals surface area contributed by atoms with Crippen molar-refractivity contribution in [1.29, 1.82) is 0 Å². The van der Waals surface area contributed by atoms with Gasteiger partial charge in [-0.1, -0.05) is 12.5 Å². The number of methoxy groups -OCH3 is 2. The zero-order valence-electron chi connectivity index (χ0n) is 10.9. The number of hydrogen-bond donors (Lipinski definition) is 1. The van der Waals surface area contributed by atoms with Crippen LogP contribution in [0.25, 0.3) is 0 Å². The first-order chi connectivity index (χ1) is 8.67. The first-order valence-electron chi connectivity index (χ1n) is 6.10. The van der Waals surface area contributed by atoms with Crippen molar-refractivity contribution in [2.45, 2.75) is 32.1 Å². The van der Waals surface area contributed by atoms with Crippen LogP contribution in [0.5, 0.6) is 11.5 Å². The molecule has 0 radical (unpaired) electrons. The third-order valence-corrected chi connectivity index (χ3v) is 2.80. The molecule has 0 amide bonds. The minimum absolute atomic E-state index is 0.256. The molecule has 18 heavy (non-hydrogen) atoms. The van der Waals surface area contributed by atoms with Gasteiger partial charge in [0.25, 0.3) is 0 Å². The van der Waals surface area contributed by atoms with E-state index in [0.717, 1.165) is 37.2 Å². The van der Waals surface area contributed by atoms with Gasteiger partial charge in [-0.3, -0.25) is 4.79 Å². The van der Waals surface area contributed by atoms with Gasteiger partial charge in [-0.05, 0) is 37.0 Å². The second kappa shape index (κ2) is 7.58. The van der Waals surface area contributed by atoms with Crippen LogP contribution < -0.4 is 9.47 Å². The van der Waals surface area contributed by atoms with Gasteiger partial charge in [-0.15, -0.1) is 0 Å². The fraction of sp³-hybridized carbons (Fsp3) is 0.500. The Balaban J connectivity index is 2.40. The molecule has 1 rings (SSSR count). The maximum Gasteiger partial charge on any atom is 0.303 e. The Morgan fingerprint density at radius 1 is 1.11 bits per heavy atom. The Morgan fingerprint density at radius 2 is 1.83 bits per heavy atom. The van der Waals surface area contributed by atoms with E-state index in [1.807, 2.05) is 18.2 Å². The van der Waals surface area contributed by atoms with Gasteiger partial charge in [-0.25, -0.2) is 0 Å². The van der Waals surface area contributed by atoms with Crippen LogP contribution in [0, 0.1) is 0 Å². The highest BCUT2D eigenvalue weighted by Crippen LogP contribution is 2.28. The molecule has 0 fully saturated rings. The highest BCUT2D eigenvalue weighted by Gasteiger charge is 2.04. The van der Waals surface area contributed by atoms with Crippen molar-refractivity contribution >= 4 is 5.97 Å². The minimum Gasteiger partial charge on any atom is -0.493 e. The number of ether oxygens (including phenoxy) is 2. The molecule has 0 saturated heterocycles. The average molecular weight is 252 g/mol. The molecule has 0 atom stereocenters. The molecule has 0 aliphatic carbocycles. The lowest BCUT2D eigenvalue weighted by atomic mass is 10.1. The van der Waals surface area contributed by atoms with E-state index in [1.54, 1.807) is 14.2 Å². The number of aryl methyl sites for hydroxylation is 1. The molecule has 0 unspecified atom stereocenters. The molecule has 0 spiro atoms. The van der Waals surface area contributed by atoms with E-state index in [2.05, 4.69) is 0 Å². The van der Waals surface area contributed by atoms with Crippen LogP contribution in [0.1, 0.15) is 31.2 Å². The Hall–Kier alpha value is -1.71. The average Bonchev–Trinajstić information content (AvgIpc) is 2.37. The van der Waals surface area contributed by atoms with E-state index in [4.69, 9.17) is 14.6 Å². The Labute approximate surface area is 108 Å². The van der Waals surface area contributed by atoms with Gasteiger partial charge in [0.05, 0.1) is 14.2 Å². The summed E-state index contributed by atoms with van der Waals surface area (Å²) in [4.78, 5) is 10.4. The number of carbonyl (C=O) groups is 1. The van der Waals surface area contributed by atoms with Crippen LogP contribution in [-0.2, 0) is 11.2 Å². The quantitative estimate of drug-likeness (QED) is 0.723. The number of carboxylic acid groups (broad SMARTS) is 1. The lowest BCUT2D eigenvalue weighted by molar-refractivity contribution is -0.137. The molecule has 4 heteroatoms. The van der Waals surface area contributed by atoms with E-state index in [9.17, 15) is 4.79 Å². The Bertz CT molecular complexity index is 387. The molecule has 0 bridgehead atoms. The minimum atomic E-state index is -0.721.